The van der Waals surface area contributed by atoms with Crippen LogP contribution in [0.25, 0.3) is 0 Å². The number of carbonyl (C=O) groups is 2. The molecule has 21 heavy (non-hydrogen) atoms. The number of carbonyl (C=O) groups excluding carboxylic acids is 2. The Kier molecular flexibility index (Phi) is 5.53. The first-order valence-corrected chi connectivity index (χ1v) is 8.39. The molecule has 1 saturated carbocycles. The molecular formula is C16H23NO3S. The first kappa shape index (κ1) is 16.2. The number of rotatable bonds is 6. The minimum absolute atomic E-state index is 0.0135. The van der Waals surface area contributed by atoms with Crippen molar-refractivity contribution in [3.8, 4) is 0 Å². The monoisotopic (exact) mass is 309 g/mol. The molecule has 4 nitrogen and oxygen atoms in total. The standard InChI is InChI=1S/C16H23NO3S/c1-12-5-7-14(21-12)13(18)6-8-15(19)17-11-16(20)9-3-2-4-10-16/h5,7,20H,2-4,6,8-11H2,1H3,(H,17,19). The van der Waals surface area contributed by atoms with Crippen molar-refractivity contribution < 1.29 is 14.7 Å². The third-order valence-corrected chi connectivity index (χ3v) is 5.03. The van der Waals surface area contributed by atoms with Crippen molar-refractivity contribution in [3.63, 3.8) is 0 Å². The highest BCUT2D eigenvalue weighted by molar-refractivity contribution is 7.14. The molecule has 0 atom stereocenters. The van der Waals surface area contributed by atoms with Gasteiger partial charge in [-0.05, 0) is 31.9 Å². The highest BCUT2D eigenvalue weighted by Gasteiger charge is 2.29. The summed E-state index contributed by atoms with van der Waals surface area (Å²) < 4.78 is 0. The van der Waals surface area contributed by atoms with Crippen molar-refractivity contribution >= 4 is 23.0 Å². The molecule has 0 saturated heterocycles. The minimum Gasteiger partial charge on any atom is -0.388 e. The Balaban J connectivity index is 1.71. The molecule has 0 spiro atoms. The third kappa shape index (κ3) is 4.93. The summed E-state index contributed by atoms with van der Waals surface area (Å²) in [4.78, 5) is 25.5. The zero-order valence-electron chi connectivity index (χ0n) is 12.5. The van der Waals surface area contributed by atoms with Crippen molar-refractivity contribution in [1.29, 1.82) is 0 Å². The number of aryl methyl sites for hydroxylation is 1. The Hall–Kier alpha value is -1.20. The molecule has 0 radical (unpaired) electrons. The minimum atomic E-state index is -0.747. The van der Waals surface area contributed by atoms with Crippen molar-refractivity contribution in [2.24, 2.45) is 0 Å². The second-order valence-corrected chi connectivity index (χ2v) is 7.18. The van der Waals surface area contributed by atoms with Gasteiger partial charge >= 0.3 is 0 Å². The number of hydrogen-bond donors (Lipinski definition) is 2. The van der Waals surface area contributed by atoms with Gasteiger partial charge in [-0.1, -0.05) is 19.3 Å². The van der Waals surface area contributed by atoms with Crippen LogP contribution in [0.1, 0.15) is 59.5 Å². The molecule has 0 aliphatic heterocycles. The fraction of sp³-hybridized carbons (Fsp3) is 0.625. The predicted molar refractivity (Wildman–Crippen MR) is 83.7 cm³/mol. The number of nitrogens with one attached hydrogen (secondary N) is 1. The van der Waals surface area contributed by atoms with E-state index in [0.717, 1.165) is 37.0 Å². The summed E-state index contributed by atoms with van der Waals surface area (Å²) in [6.07, 6.45) is 5.10. The quantitative estimate of drug-likeness (QED) is 0.794. The van der Waals surface area contributed by atoms with Gasteiger partial charge in [-0.25, -0.2) is 0 Å². The van der Waals surface area contributed by atoms with Crippen LogP contribution in [-0.4, -0.2) is 28.9 Å². The van der Waals surface area contributed by atoms with E-state index < -0.39 is 5.60 Å². The molecule has 1 heterocycles. The first-order valence-electron chi connectivity index (χ1n) is 7.57. The highest BCUT2D eigenvalue weighted by Crippen LogP contribution is 2.27. The van der Waals surface area contributed by atoms with Crippen LogP contribution in [0.15, 0.2) is 12.1 Å². The van der Waals surface area contributed by atoms with Gasteiger partial charge in [0.25, 0.3) is 0 Å². The van der Waals surface area contributed by atoms with Crippen LogP contribution < -0.4 is 5.32 Å². The van der Waals surface area contributed by atoms with Crippen LogP contribution in [0.3, 0.4) is 0 Å². The van der Waals surface area contributed by atoms with Gasteiger partial charge in [0.15, 0.2) is 5.78 Å². The fourth-order valence-corrected chi connectivity index (χ4v) is 3.51. The second kappa shape index (κ2) is 7.18. The molecular weight excluding hydrogens is 286 g/mol. The van der Waals surface area contributed by atoms with E-state index in [2.05, 4.69) is 5.32 Å². The van der Waals surface area contributed by atoms with Crippen molar-refractivity contribution in [2.45, 2.75) is 57.5 Å². The molecule has 0 bridgehead atoms. The average Bonchev–Trinajstić information content (AvgIpc) is 2.90. The topological polar surface area (TPSA) is 66.4 Å². The highest BCUT2D eigenvalue weighted by atomic mass is 32.1. The van der Waals surface area contributed by atoms with Gasteiger partial charge in [0.1, 0.15) is 0 Å². The maximum atomic E-state index is 11.9. The molecule has 1 aromatic heterocycles. The summed E-state index contributed by atoms with van der Waals surface area (Å²) in [5.74, 6) is -0.143. The van der Waals surface area contributed by atoms with Gasteiger partial charge in [0, 0.05) is 24.3 Å². The van der Waals surface area contributed by atoms with Crippen molar-refractivity contribution in [2.75, 3.05) is 6.54 Å². The lowest BCUT2D eigenvalue weighted by molar-refractivity contribution is -0.122. The Morgan fingerprint density at radius 1 is 1.24 bits per heavy atom. The summed E-state index contributed by atoms with van der Waals surface area (Å²) >= 11 is 1.46. The molecule has 116 valence electrons. The normalized spacial score (nSPS) is 17.4. The maximum absolute atomic E-state index is 11.9. The Labute approximate surface area is 129 Å². The third-order valence-electron chi connectivity index (χ3n) is 3.99. The van der Waals surface area contributed by atoms with E-state index in [1.165, 1.54) is 11.3 Å². The molecule has 1 aliphatic carbocycles. The van der Waals surface area contributed by atoms with E-state index in [4.69, 9.17) is 0 Å². The van der Waals surface area contributed by atoms with Gasteiger partial charge in [-0.15, -0.1) is 11.3 Å². The number of hydrogen-bond acceptors (Lipinski definition) is 4. The van der Waals surface area contributed by atoms with Crippen LogP contribution in [0, 0.1) is 6.92 Å². The Bertz CT molecular complexity index is 503. The van der Waals surface area contributed by atoms with E-state index >= 15 is 0 Å². The van der Waals surface area contributed by atoms with E-state index in [9.17, 15) is 14.7 Å². The van der Waals surface area contributed by atoms with Crippen LogP contribution in [0.2, 0.25) is 0 Å². The number of ketones is 1. The van der Waals surface area contributed by atoms with Crippen LogP contribution >= 0.6 is 11.3 Å². The second-order valence-electron chi connectivity index (χ2n) is 5.90. The number of thiophene rings is 1. The summed E-state index contributed by atoms with van der Waals surface area (Å²) in [6, 6.07) is 3.72. The van der Waals surface area contributed by atoms with E-state index in [1.807, 2.05) is 19.1 Å². The van der Waals surface area contributed by atoms with Crippen LogP contribution in [0.4, 0.5) is 0 Å². The number of amides is 1. The summed E-state index contributed by atoms with van der Waals surface area (Å²) in [5, 5.41) is 13.1. The molecule has 2 N–H and O–H groups in total. The van der Waals surface area contributed by atoms with Gasteiger partial charge < -0.3 is 10.4 Å². The molecule has 1 aromatic rings. The van der Waals surface area contributed by atoms with Crippen molar-refractivity contribution in [1.82, 2.24) is 5.32 Å². The molecule has 1 amide bonds. The lowest BCUT2D eigenvalue weighted by atomic mass is 9.85. The fourth-order valence-electron chi connectivity index (χ4n) is 2.67. The van der Waals surface area contributed by atoms with Gasteiger partial charge in [-0.3, -0.25) is 9.59 Å². The summed E-state index contributed by atoms with van der Waals surface area (Å²) in [5.41, 5.74) is -0.747. The Morgan fingerprint density at radius 3 is 2.57 bits per heavy atom. The zero-order chi connectivity index (χ0) is 15.3. The molecule has 1 fully saturated rings. The molecule has 5 heteroatoms. The van der Waals surface area contributed by atoms with E-state index in [0.29, 0.717) is 11.4 Å². The van der Waals surface area contributed by atoms with E-state index in [1.54, 1.807) is 0 Å². The SMILES string of the molecule is Cc1ccc(C(=O)CCC(=O)NCC2(O)CCCCC2)s1. The largest absolute Gasteiger partial charge is 0.388 e. The number of Topliss-reactive ketones (excluding diaryl/α,β-unsaturated/α-hetero) is 1. The molecule has 0 unspecified atom stereocenters. The maximum Gasteiger partial charge on any atom is 0.220 e. The lowest BCUT2D eigenvalue weighted by Gasteiger charge is -2.32. The van der Waals surface area contributed by atoms with Crippen LogP contribution in [0.5, 0.6) is 0 Å². The first-order chi connectivity index (χ1) is 9.98. The molecule has 2 rings (SSSR count). The summed E-state index contributed by atoms with van der Waals surface area (Å²) in [7, 11) is 0. The van der Waals surface area contributed by atoms with Gasteiger partial charge in [0.2, 0.25) is 5.91 Å². The van der Waals surface area contributed by atoms with Crippen LogP contribution in [-0.2, 0) is 4.79 Å². The van der Waals surface area contributed by atoms with Gasteiger partial charge in [-0.2, -0.15) is 0 Å². The molecule has 1 aliphatic rings. The van der Waals surface area contributed by atoms with E-state index in [-0.39, 0.29) is 24.5 Å². The predicted octanol–water partition coefficient (Wildman–Crippen LogP) is 2.83. The number of aliphatic hydroxyl groups is 1. The Morgan fingerprint density at radius 2 is 1.95 bits per heavy atom. The zero-order valence-corrected chi connectivity index (χ0v) is 13.3. The lowest BCUT2D eigenvalue weighted by Crippen LogP contribution is -2.44. The van der Waals surface area contributed by atoms with Gasteiger partial charge in [0.05, 0.1) is 10.5 Å². The smallest absolute Gasteiger partial charge is 0.220 e. The summed E-state index contributed by atoms with van der Waals surface area (Å²) in [6.45, 7) is 2.26. The average molecular weight is 309 g/mol. The van der Waals surface area contributed by atoms with Crippen molar-refractivity contribution in [3.05, 3.63) is 21.9 Å². The molecule has 0 aromatic carbocycles.